The SMILES string of the molecule is CC(C)(C)OC(=O)N1CCCS(=O)(=O)CC1CN. The minimum atomic E-state index is -3.12. The number of hydrogen-bond donors (Lipinski definition) is 1. The Morgan fingerprint density at radius 2 is 2.06 bits per heavy atom. The summed E-state index contributed by atoms with van der Waals surface area (Å²) in [5.41, 5.74) is 4.98. The molecule has 1 aliphatic rings. The fourth-order valence-electron chi connectivity index (χ4n) is 1.86. The summed E-state index contributed by atoms with van der Waals surface area (Å²) in [6.45, 7) is 5.82. The Morgan fingerprint density at radius 1 is 1.44 bits per heavy atom. The van der Waals surface area contributed by atoms with Gasteiger partial charge in [-0.15, -0.1) is 0 Å². The molecule has 7 heteroatoms. The number of carbonyl (C=O) groups is 1. The van der Waals surface area contributed by atoms with Crippen molar-refractivity contribution in [2.24, 2.45) is 5.73 Å². The lowest BCUT2D eigenvalue weighted by molar-refractivity contribution is 0.0191. The first-order valence-electron chi connectivity index (χ1n) is 6.05. The molecule has 1 atom stereocenters. The van der Waals surface area contributed by atoms with Crippen LogP contribution in [0.5, 0.6) is 0 Å². The van der Waals surface area contributed by atoms with Crippen molar-refractivity contribution in [1.82, 2.24) is 4.90 Å². The standard InChI is InChI=1S/C11H22N2O4S/c1-11(2,3)17-10(14)13-5-4-6-18(15,16)8-9(13)7-12/h9H,4-8,12H2,1-3H3. The molecule has 1 heterocycles. The van der Waals surface area contributed by atoms with Gasteiger partial charge in [0, 0.05) is 13.1 Å². The summed E-state index contributed by atoms with van der Waals surface area (Å²) in [6, 6.07) is -0.493. The van der Waals surface area contributed by atoms with Crippen molar-refractivity contribution < 1.29 is 17.9 Å². The molecule has 0 aromatic carbocycles. The second-order valence-corrected chi connectivity index (χ2v) is 7.76. The summed E-state index contributed by atoms with van der Waals surface area (Å²) in [7, 11) is -3.12. The predicted octanol–water partition coefficient (Wildman–Crippen LogP) is 0.369. The van der Waals surface area contributed by atoms with E-state index in [0.29, 0.717) is 13.0 Å². The van der Waals surface area contributed by atoms with E-state index in [4.69, 9.17) is 10.5 Å². The van der Waals surface area contributed by atoms with Crippen LogP contribution in [0.2, 0.25) is 0 Å². The van der Waals surface area contributed by atoms with E-state index in [1.165, 1.54) is 4.90 Å². The zero-order chi connectivity index (χ0) is 14.0. The average molecular weight is 278 g/mol. The van der Waals surface area contributed by atoms with Crippen molar-refractivity contribution >= 4 is 15.9 Å². The molecule has 0 radical (unpaired) electrons. The first-order valence-corrected chi connectivity index (χ1v) is 7.87. The molecule has 1 rings (SSSR count). The number of sulfone groups is 1. The molecule has 0 aliphatic carbocycles. The molecule has 18 heavy (non-hydrogen) atoms. The van der Waals surface area contributed by atoms with E-state index in [1.807, 2.05) is 0 Å². The average Bonchev–Trinajstić information content (AvgIpc) is 2.33. The molecule has 1 unspecified atom stereocenters. The smallest absolute Gasteiger partial charge is 0.410 e. The summed E-state index contributed by atoms with van der Waals surface area (Å²) in [6.07, 6.45) is -0.0620. The highest BCUT2D eigenvalue weighted by atomic mass is 32.2. The van der Waals surface area contributed by atoms with Gasteiger partial charge in [0.05, 0.1) is 17.5 Å². The summed E-state index contributed by atoms with van der Waals surface area (Å²) in [4.78, 5) is 13.4. The van der Waals surface area contributed by atoms with Crippen LogP contribution in [0.4, 0.5) is 4.79 Å². The van der Waals surface area contributed by atoms with Crippen LogP contribution in [0.3, 0.4) is 0 Å². The van der Waals surface area contributed by atoms with Gasteiger partial charge in [-0.05, 0) is 27.2 Å². The monoisotopic (exact) mass is 278 g/mol. The fourth-order valence-corrected chi connectivity index (χ4v) is 3.50. The topological polar surface area (TPSA) is 89.7 Å². The van der Waals surface area contributed by atoms with Crippen molar-refractivity contribution in [3.8, 4) is 0 Å². The van der Waals surface area contributed by atoms with E-state index < -0.39 is 27.6 Å². The van der Waals surface area contributed by atoms with Crippen LogP contribution < -0.4 is 5.73 Å². The molecule has 1 amide bonds. The molecule has 0 saturated carbocycles. The van der Waals surface area contributed by atoms with Crippen molar-refractivity contribution in [3.05, 3.63) is 0 Å². The fraction of sp³-hybridized carbons (Fsp3) is 0.909. The molecule has 0 aromatic rings. The van der Waals surface area contributed by atoms with Gasteiger partial charge in [0.2, 0.25) is 0 Å². The number of rotatable bonds is 1. The largest absolute Gasteiger partial charge is 0.444 e. The third-order valence-corrected chi connectivity index (χ3v) is 4.44. The third-order valence-electron chi connectivity index (χ3n) is 2.64. The van der Waals surface area contributed by atoms with Gasteiger partial charge >= 0.3 is 6.09 Å². The highest BCUT2D eigenvalue weighted by molar-refractivity contribution is 7.91. The van der Waals surface area contributed by atoms with Gasteiger partial charge in [-0.25, -0.2) is 13.2 Å². The van der Waals surface area contributed by atoms with Crippen molar-refractivity contribution in [1.29, 1.82) is 0 Å². The summed E-state index contributed by atoms with van der Waals surface area (Å²) >= 11 is 0. The number of hydrogen-bond acceptors (Lipinski definition) is 5. The van der Waals surface area contributed by atoms with Gasteiger partial charge in [0.15, 0.2) is 9.84 Å². The van der Waals surface area contributed by atoms with Gasteiger partial charge in [-0.2, -0.15) is 0 Å². The van der Waals surface area contributed by atoms with Crippen LogP contribution in [0, 0.1) is 0 Å². The molecule has 0 aromatic heterocycles. The van der Waals surface area contributed by atoms with Gasteiger partial charge in [-0.3, -0.25) is 0 Å². The van der Waals surface area contributed by atoms with Crippen LogP contribution in [0.15, 0.2) is 0 Å². The highest BCUT2D eigenvalue weighted by Gasteiger charge is 2.33. The molecule has 0 bridgehead atoms. The maximum atomic E-state index is 12.0. The van der Waals surface area contributed by atoms with E-state index in [9.17, 15) is 13.2 Å². The highest BCUT2D eigenvalue weighted by Crippen LogP contribution is 2.16. The van der Waals surface area contributed by atoms with E-state index in [2.05, 4.69) is 0 Å². The Hall–Kier alpha value is -0.820. The first-order chi connectivity index (χ1) is 8.14. The molecule has 0 spiro atoms. The van der Waals surface area contributed by atoms with E-state index in [1.54, 1.807) is 20.8 Å². The second-order valence-electron chi connectivity index (χ2n) is 5.53. The molecule has 106 valence electrons. The van der Waals surface area contributed by atoms with Crippen LogP contribution in [0.1, 0.15) is 27.2 Å². The van der Waals surface area contributed by atoms with Crippen molar-refractivity contribution in [3.63, 3.8) is 0 Å². The molecular weight excluding hydrogens is 256 g/mol. The Morgan fingerprint density at radius 3 is 2.56 bits per heavy atom. The summed E-state index contributed by atoms with van der Waals surface area (Å²) < 4.78 is 28.6. The lowest BCUT2D eigenvalue weighted by atomic mass is 10.2. The second kappa shape index (κ2) is 5.44. The predicted molar refractivity (Wildman–Crippen MR) is 69.1 cm³/mol. The van der Waals surface area contributed by atoms with Crippen LogP contribution in [-0.2, 0) is 14.6 Å². The third kappa shape index (κ3) is 4.45. The molecular formula is C11H22N2O4S. The van der Waals surface area contributed by atoms with E-state index in [-0.39, 0.29) is 18.1 Å². The summed E-state index contributed by atoms with van der Waals surface area (Å²) in [5, 5.41) is 0. The minimum Gasteiger partial charge on any atom is -0.444 e. The number of ether oxygens (including phenoxy) is 1. The zero-order valence-electron chi connectivity index (χ0n) is 11.2. The Kier molecular flexibility index (Phi) is 4.61. The lowest BCUT2D eigenvalue weighted by Crippen LogP contribution is -2.48. The maximum absolute atomic E-state index is 12.0. The molecule has 1 aliphatic heterocycles. The minimum absolute atomic E-state index is 0.0806. The number of amides is 1. The van der Waals surface area contributed by atoms with Crippen molar-refractivity contribution in [2.75, 3.05) is 24.6 Å². The van der Waals surface area contributed by atoms with Gasteiger partial charge < -0.3 is 15.4 Å². The molecule has 1 saturated heterocycles. The quantitative estimate of drug-likeness (QED) is 0.748. The van der Waals surface area contributed by atoms with Crippen molar-refractivity contribution in [2.45, 2.75) is 38.8 Å². The van der Waals surface area contributed by atoms with E-state index >= 15 is 0 Å². The normalized spacial score (nSPS) is 24.4. The van der Waals surface area contributed by atoms with Gasteiger partial charge in [0.25, 0.3) is 0 Å². The number of carbonyl (C=O) groups excluding carboxylic acids is 1. The summed E-state index contributed by atoms with van der Waals surface area (Å²) in [5.74, 6) is 0.0194. The zero-order valence-corrected chi connectivity index (χ0v) is 12.0. The van der Waals surface area contributed by atoms with Crippen LogP contribution in [0.25, 0.3) is 0 Å². The number of nitrogens with two attached hydrogens (primary N) is 1. The Balaban J connectivity index is 2.83. The Labute approximate surface area is 108 Å². The Bertz CT molecular complexity index is 400. The van der Waals surface area contributed by atoms with E-state index in [0.717, 1.165) is 0 Å². The molecule has 6 nitrogen and oxygen atoms in total. The van der Waals surface area contributed by atoms with Crippen LogP contribution in [-0.4, -0.2) is 55.6 Å². The molecule has 1 fully saturated rings. The first kappa shape index (κ1) is 15.2. The van der Waals surface area contributed by atoms with Crippen LogP contribution >= 0.6 is 0 Å². The maximum Gasteiger partial charge on any atom is 0.410 e. The van der Waals surface area contributed by atoms with Gasteiger partial charge in [0.1, 0.15) is 5.60 Å². The lowest BCUT2D eigenvalue weighted by Gasteiger charge is -2.31. The molecule has 2 N–H and O–H groups in total. The number of nitrogens with zero attached hydrogens (tertiary/aromatic N) is 1. The van der Waals surface area contributed by atoms with Gasteiger partial charge in [-0.1, -0.05) is 0 Å².